The molecule has 1 aromatic carbocycles. The number of halogens is 1. The first-order chi connectivity index (χ1) is 13.1. The number of anilines is 2. The third-order valence-corrected chi connectivity index (χ3v) is 5.27. The summed E-state index contributed by atoms with van der Waals surface area (Å²) in [5.41, 5.74) is 3.52. The molecule has 2 aliphatic rings. The van der Waals surface area contributed by atoms with Crippen LogP contribution in [-0.2, 0) is 11.2 Å². The van der Waals surface area contributed by atoms with Crippen LogP contribution in [0.5, 0.6) is 0 Å². The molecule has 4 rings (SSSR count). The number of aryl methyl sites for hydroxylation is 1. The van der Waals surface area contributed by atoms with Crippen LogP contribution in [0.2, 0.25) is 0 Å². The Hall–Kier alpha value is -2.63. The molecule has 27 heavy (non-hydrogen) atoms. The monoisotopic (exact) mass is 369 g/mol. The summed E-state index contributed by atoms with van der Waals surface area (Å²) in [6.07, 6.45) is 4.62. The van der Waals surface area contributed by atoms with Crippen LogP contribution in [0.25, 0.3) is 0 Å². The zero-order valence-electron chi connectivity index (χ0n) is 15.5. The lowest BCUT2D eigenvalue weighted by atomic mass is 9.96. The van der Waals surface area contributed by atoms with Crippen LogP contribution in [0, 0.1) is 5.82 Å². The molecule has 0 saturated heterocycles. The third kappa shape index (κ3) is 3.89. The highest BCUT2D eigenvalue weighted by Gasteiger charge is 2.29. The van der Waals surface area contributed by atoms with Crippen LogP contribution in [0.15, 0.2) is 36.4 Å². The van der Waals surface area contributed by atoms with E-state index < -0.39 is 0 Å². The van der Waals surface area contributed by atoms with Crippen molar-refractivity contribution in [1.29, 1.82) is 0 Å². The molecule has 0 radical (unpaired) electrons. The van der Waals surface area contributed by atoms with Gasteiger partial charge in [0.05, 0.1) is 23.1 Å². The molecule has 1 unspecified atom stereocenters. The molecule has 2 aromatic rings. The fourth-order valence-corrected chi connectivity index (χ4v) is 3.46. The summed E-state index contributed by atoms with van der Waals surface area (Å²) in [5.74, 6) is -0.256. The van der Waals surface area contributed by atoms with E-state index in [4.69, 9.17) is 9.72 Å². The minimum atomic E-state index is -0.257. The second kappa shape index (κ2) is 7.55. The average Bonchev–Trinajstić information content (AvgIpc) is 2.65. The van der Waals surface area contributed by atoms with Crippen LogP contribution in [-0.4, -0.2) is 23.7 Å². The number of hydrogen-bond acceptors (Lipinski definition) is 4. The number of pyridine rings is 1. The summed E-state index contributed by atoms with van der Waals surface area (Å²) < 4.78 is 18.6. The third-order valence-electron chi connectivity index (χ3n) is 5.27. The van der Waals surface area contributed by atoms with Gasteiger partial charge in [-0.1, -0.05) is 0 Å². The Balaban J connectivity index is 1.48. The molecular formula is C21H24FN3O2. The molecule has 142 valence electrons. The van der Waals surface area contributed by atoms with Crippen molar-refractivity contribution < 1.29 is 13.9 Å². The Morgan fingerprint density at radius 3 is 2.70 bits per heavy atom. The number of benzene rings is 1. The van der Waals surface area contributed by atoms with Crippen molar-refractivity contribution in [3.05, 3.63) is 53.6 Å². The Morgan fingerprint density at radius 2 is 2.00 bits per heavy atom. The van der Waals surface area contributed by atoms with Crippen molar-refractivity contribution >= 4 is 17.5 Å². The summed E-state index contributed by atoms with van der Waals surface area (Å²) in [6.45, 7) is 2.69. The molecule has 1 aliphatic carbocycles. The maximum atomic E-state index is 13.1. The molecule has 5 nitrogen and oxygen atoms in total. The highest BCUT2D eigenvalue weighted by atomic mass is 19.1. The number of aromatic nitrogens is 1. The number of carbonyl (C=O) groups is 1. The standard InChI is InChI=1S/C21H24FN3O2/c1-14(23-16-9-7-15(22)8-10-16)18-11-12-20-19(24-18)6-3-13-25(20)21(26)27-17-4-2-5-17/h7-12,14,17,23H,2-6,13H2,1H3. The number of hydrogen-bond donors (Lipinski definition) is 1. The first-order valence-electron chi connectivity index (χ1n) is 9.60. The summed E-state index contributed by atoms with van der Waals surface area (Å²) in [4.78, 5) is 19.0. The predicted octanol–water partition coefficient (Wildman–Crippen LogP) is 4.84. The Labute approximate surface area is 158 Å². The zero-order valence-corrected chi connectivity index (χ0v) is 15.5. The minimum absolute atomic E-state index is 0.0296. The van der Waals surface area contributed by atoms with Crippen molar-refractivity contribution in [2.75, 3.05) is 16.8 Å². The highest BCUT2D eigenvalue weighted by molar-refractivity contribution is 5.89. The van der Waals surface area contributed by atoms with Gasteiger partial charge in [0.1, 0.15) is 11.9 Å². The molecule has 1 amide bonds. The van der Waals surface area contributed by atoms with E-state index in [0.29, 0.717) is 6.54 Å². The van der Waals surface area contributed by atoms with Gasteiger partial charge in [-0.3, -0.25) is 9.88 Å². The topological polar surface area (TPSA) is 54.5 Å². The van der Waals surface area contributed by atoms with Gasteiger partial charge < -0.3 is 10.1 Å². The summed E-state index contributed by atoms with van der Waals surface area (Å²) >= 11 is 0. The summed E-state index contributed by atoms with van der Waals surface area (Å²) in [5, 5.41) is 3.33. The van der Waals surface area contributed by atoms with E-state index >= 15 is 0 Å². The molecule has 2 heterocycles. The van der Waals surface area contributed by atoms with Crippen molar-refractivity contribution in [3.63, 3.8) is 0 Å². The lowest BCUT2D eigenvalue weighted by Gasteiger charge is -2.32. The molecule has 6 heteroatoms. The first kappa shape index (κ1) is 17.8. The van der Waals surface area contributed by atoms with E-state index in [1.165, 1.54) is 12.1 Å². The SMILES string of the molecule is CC(Nc1ccc(F)cc1)c1ccc2c(n1)CCCN2C(=O)OC1CCC1. The van der Waals surface area contributed by atoms with Gasteiger partial charge >= 0.3 is 6.09 Å². The molecule has 1 aliphatic heterocycles. The number of nitrogens with one attached hydrogen (secondary N) is 1. The fourth-order valence-electron chi connectivity index (χ4n) is 3.46. The number of ether oxygens (including phenoxy) is 1. The summed E-state index contributed by atoms with van der Waals surface area (Å²) in [7, 11) is 0. The van der Waals surface area contributed by atoms with E-state index in [-0.39, 0.29) is 24.1 Å². The quantitative estimate of drug-likeness (QED) is 0.838. The van der Waals surface area contributed by atoms with Gasteiger partial charge in [0, 0.05) is 12.2 Å². The van der Waals surface area contributed by atoms with Crippen molar-refractivity contribution in [2.45, 2.75) is 51.2 Å². The Kier molecular flexibility index (Phi) is 4.97. The Bertz CT molecular complexity index is 821. The van der Waals surface area contributed by atoms with Crippen molar-refractivity contribution in [1.82, 2.24) is 4.98 Å². The van der Waals surface area contributed by atoms with Gasteiger partial charge in [-0.2, -0.15) is 0 Å². The van der Waals surface area contributed by atoms with Crippen LogP contribution in [0.4, 0.5) is 20.6 Å². The van der Waals surface area contributed by atoms with Crippen molar-refractivity contribution in [2.24, 2.45) is 0 Å². The molecule has 1 atom stereocenters. The van der Waals surface area contributed by atoms with Gasteiger partial charge in [-0.25, -0.2) is 9.18 Å². The number of rotatable bonds is 4. The highest BCUT2D eigenvalue weighted by Crippen LogP contribution is 2.30. The molecule has 0 spiro atoms. The van der Waals surface area contributed by atoms with Crippen LogP contribution in [0.1, 0.15) is 50.0 Å². The minimum Gasteiger partial charge on any atom is -0.446 e. The number of fused-ring (bicyclic) bond motifs is 1. The smallest absolute Gasteiger partial charge is 0.414 e. The van der Waals surface area contributed by atoms with Gasteiger partial charge in [-0.05, 0) is 75.4 Å². The van der Waals surface area contributed by atoms with Crippen molar-refractivity contribution in [3.8, 4) is 0 Å². The van der Waals surface area contributed by atoms with E-state index in [2.05, 4.69) is 5.32 Å². The van der Waals surface area contributed by atoms with Gasteiger partial charge in [0.15, 0.2) is 0 Å². The molecule has 0 bridgehead atoms. The molecule has 1 fully saturated rings. The number of nitrogens with zero attached hydrogens (tertiary/aromatic N) is 2. The fraction of sp³-hybridized carbons (Fsp3) is 0.429. The van der Waals surface area contributed by atoms with E-state index in [9.17, 15) is 9.18 Å². The zero-order chi connectivity index (χ0) is 18.8. The maximum absolute atomic E-state index is 13.1. The summed E-state index contributed by atoms with van der Waals surface area (Å²) in [6, 6.07) is 10.2. The maximum Gasteiger partial charge on any atom is 0.414 e. The van der Waals surface area contributed by atoms with E-state index in [0.717, 1.165) is 54.9 Å². The largest absolute Gasteiger partial charge is 0.446 e. The van der Waals surface area contributed by atoms with Crippen LogP contribution in [0.3, 0.4) is 0 Å². The predicted molar refractivity (Wildman–Crippen MR) is 102 cm³/mol. The normalized spacial score (nSPS) is 17.6. The molecule has 1 aromatic heterocycles. The van der Waals surface area contributed by atoms with Gasteiger partial charge in [0.2, 0.25) is 0 Å². The second-order valence-electron chi connectivity index (χ2n) is 7.27. The lowest BCUT2D eigenvalue weighted by molar-refractivity contribution is 0.0571. The first-order valence-corrected chi connectivity index (χ1v) is 9.60. The molecular weight excluding hydrogens is 345 g/mol. The van der Waals surface area contributed by atoms with Crippen LogP contribution < -0.4 is 10.2 Å². The van der Waals surface area contributed by atoms with Gasteiger partial charge in [0.25, 0.3) is 0 Å². The van der Waals surface area contributed by atoms with Gasteiger partial charge in [-0.15, -0.1) is 0 Å². The molecule has 1 N–H and O–H groups in total. The lowest BCUT2D eigenvalue weighted by Crippen LogP contribution is -2.39. The Morgan fingerprint density at radius 1 is 1.22 bits per heavy atom. The van der Waals surface area contributed by atoms with E-state index in [1.54, 1.807) is 17.0 Å². The van der Waals surface area contributed by atoms with Crippen LogP contribution >= 0.6 is 0 Å². The second-order valence-corrected chi connectivity index (χ2v) is 7.27. The average molecular weight is 369 g/mol. The number of amides is 1. The molecule has 1 saturated carbocycles. The number of carbonyl (C=O) groups excluding carboxylic acids is 1. The van der Waals surface area contributed by atoms with E-state index in [1.807, 2.05) is 19.1 Å².